The van der Waals surface area contributed by atoms with Crippen molar-refractivity contribution in [2.75, 3.05) is 33.4 Å². The maximum Gasteiger partial charge on any atom is 0.325 e. The highest BCUT2D eigenvalue weighted by atomic mass is 16.3. The zero-order valence-corrected chi connectivity index (χ0v) is 8.70. The van der Waals surface area contributed by atoms with E-state index in [4.69, 9.17) is 15.3 Å². The highest BCUT2D eigenvalue weighted by Crippen LogP contribution is 2.11. The first kappa shape index (κ1) is 12.2. The molecule has 0 spiro atoms. The maximum absolute atomic E-state index is 11.5. The van der Waals surface area contributed by atoms with Crippen molar-refractivity contribution in [3.8, 4) is 0 Å². The van der Waals surface area contributed by atoms with E-state index in [0.717, 1.165) is 0 Å². The molecule has 7 heteroatoms. The van der Waals surface area contributed by atoms with Crippen LogP contribution in [-0.4, -0.2) is 75.5 Å². The summed E-state index contributed by atoms with van der Waals surface area (Å²) in [6.07, 6.45) is 0. The third-order valence-electron chi connectivity index (χ3n) is 2.47. The monoisotopic (exact) mass is 219 g/mol. The Morgan fingerprint density at radius 1 is 1.20 bits per heavy atom. The smallest absolute Gasteiger partial charge is 0.325 e. The van der Waals surface area contributed by atoms with E-state index < -0.39 is 19.5 Å². The summed E-state index contributed by atoms with van der Waals surface area (Å²) in [5.74, 6) is 0. The van der Waals surface area contributed by atoms with Crippen LogP contribution in [0.4, 0.5) is 4.79 Å². The van der Waals surface area contributed by atoms with Crippen LogP contribution in [0.5, 0.6) is 0 Å². The third-order valence-corrected chi connectivity index (χ3v) is 2.47. The molecular weight excluding hydrogens is 202 g/mol. The first-order valence-electron chi connectivity index (χ1n) is 4.74. The van der Waals surface area contributed by atoms with E-state index in [0.29, 0.717) is 0 Å². The predicted octanol–water partition coefficient (Wildman–Crippen LogP) is -1.78. The first-order chi connectivity index (χ1) is 7.13. The Kier molecular flexibility index (Phi) is 4.28. The number of carbonyl (C=O) groups is 1. The van der Waals surface area contributed by atoms with Crippen LogP contribution in [-0.2, 0) is 0 Å². The summed E-state index contributed by atoms with van der Waals surface area (Å²) in [7, 11) is 0. The van der Waals surface area contributed by atoms with Crippen LogP contribution in [0, 0.1) is 0 Å². The van der Waals surface area contributed by atoms with E-state index in [1.54, 1.807) is 11.8 Å². The molecule has 0 aromatic heterocycles. The van der Waals surface area contributed by atoms with E-state index in [-0.39, 0.29) is 26.0 Å². The lowest BCUT2D eigenvalue weighted by Gasteiger charge is -2.42. The van der Waals surface area contributed by atoms with E-state index in [1.165, 1.54) is 9.80 Å². The van der Waals surface area contributed by atoms with Gasteiger partial charge in [0.25, 0.3) is 0 Å². The SMILES string of the molecule is CC(CO)N1CN(CO)C(=O)N(CO)C1. The topological polar surface area (TPSA) is 87.5 Å². The quantitative estimate of drug-likeness (QED) is 0.520. The highest BCUT2D eigenvalue weighted by molar-refractivity contribution is 5.74. The molecule has 0 radical (unpaired) electrons. The number of amides is 2. The largest absolute Gasteiger partial charge is 0.395 e. The Morgan fingerprint density at radius 2 is 1.67 bits per heavy atom. The molecule has 1 aliphatic rings. The van der Waals surface area contributed by atoms with Gasteiger partial charge in [-0.15, -0.1) is 0 Å². The molecule has 15 heavy (non-hydrogen) atoms. The van der Waals surface area contributed by atoms with Crippen LogP contribution >= 0.6 is 0 Å². The molecular formula is C8H17N3O4. The molecule has 0 aromatic rings. The van der Waals surface area contributed by atoms with Gasteiger partial charge in [0.2, 0.25) is 0 Å². The van der Waals surface area contributed by atoms with Crippen LogP contribution < -0.4 is 0 Å². The van der Waals surface area contributed by atoms with Crippen molar-refractivity contribution in [3.05, 3.63) is 0 Å². The molecule has 1 aliphatic heterocycles. The van der Waals surface area contributed by atoms with E-state index >= 15 is 0 Å². The lowest BCUT2D eigenvalue weighted by molar-refractivity contribution is -0.0473. The molecule has 1 fully saturated rings. The standard InChI is InChI=1S/C8H17N3O4/c1-7(2-12)9-3-10(5-13)8(15)11(4-9)6-14/h7,12-14H,2-6H2,1H3. The Hall–Kier alpha value is -0.890. The molecule has 7 nitrogen and oxygen atoms in total. The predicted molar refractivity (Wildman–Crippen MR) is 51.4 cm³/mol. The lowest BCUT2D eigenvalue weighted by atomic mass is 10.3. The van der Waals surface area contributed by atoms with Gasteiger partial charge < -0.3 is 15.3 Å². The number of urea groups is 1. The van der Waals surface area contributed by atoms with Crippen LogP contribution in [0.1, 0.15) is 6.92 Å². The fraction of sp³-hybridized carbons (Fsp3) is 0.875. The number of aliphatic hydroxyl groups excluding tert-OH is 3. The molecule has 2 amide bonds. The summed E-state index contributed by atoms with van der Waals surface area (Å²) < 4.78 is 0. The molecule has 1 atom stereocenters. The van der Waals surface area contributed by atoms with Crippen molar-refractivity contribution < 1.29 is 20.1 Å². The van der Waals surface area contributed by atoms with Crippen molar-refractivity contribution in [1.29, 1.82) is 0 Å². The van der Waals surface area contributed by atoms with Crippen LogP contribution in [0.15, 0.2) is 0 Å². The molecule has 0 aromatic carbocycles. The summed E-state index contributed by atoms with van der Waals surface area (Å²) in [4.78, 5) is 15.6. The molecule has 1 saturated heterocycles. The maximum atomic E-state index is 11.5. The average Bonchev–Trinajstić information content (AvgIpc) is 2.28. The number of hydrogen-bond acceptors (Lipinski definition) is 5. The molecule has 0 bridgehead atoms. The minimum Gasteiger partial charge on any atom is -0.395 e. The summed E-state index contributed by atoms with van der Waals surface area (Å²) in [5, 5.41) is 26.9. The normalized spacial score (nSPS) is 20.9. The number of hydrogen-bond donors (Lipinski definition) is 3. The van der Waals surface area contributed by atoms with Gasteiger partial charge in [-0.3, -0.25) is 14.7 Å². The average molecular weight is 219 g/mol. The Morgan fingerprint density at radius 3 is 2.00 bits per heavy atom. The van der Waals surface area contributed by atoms with Gasteiger partial charge >= 0.3 is 6.03 Å². The molecule has 3 N–H and O–H groups in total. The molecule has 88 valence electrons. The van der Waals surface area contributed by atoms with Crippen molar-refractivity contribution in [3.63, 3.8) is 0 Å². The van der Waals surface area contributed by atoms with Crippen molar-refractivity contribution in [2.24, 2.45) is 0 Å². The van der Waals surface area contributed by atoms with E-state index in [2.05, 4.69) is 0 Å². The lowest BCUT2D eigenvalue weighted by Crippen LogP contribution is -2.60. The Labute approximate surface area is 88.1 Å². The van der Waals surface area contributed by atoms with Gasteiger partial charge in [0.1, 0.15) is 13.5 Å². The first-order valence-corrected chi connectivity index (χ1v) is 4.74. The number of aliphatic hydroxyl groups is 3. The van der Waals surface area contributed by atoms with Gasteiger partial charge in [-0.2, -0.15) is 0 Å². The molecule has 0 aliphatic carbocycles. The van der Waals surface area contributed by atoms with Gasteiger partial charge in [-0.05, 0) is 6.92 Å². The molecule has 1 rings (SSSR count). The van der Waals surface area contributed by atoms with Gasteiger partial charge in [0.15, 0.2) is 0 Å². The van der Waals surface area contributed by atoms with Gasteiger partial charge in [-0.1, -0.05) is 0 Å². The molecule has 0 saturated carbocycles. The Bertz CT molecular complexity index is 210. The number of nitrogens with zero attached hydrogens (tertiary/aromatic N) is 3. The van der Waals surface area contributed by atoms with Gasteiger partial charge in [-0.25, -0.2) is 4.79 Å². The second kappa shape index (κ2) is 5.26. The summed E-state index contributed by atoms with van der Waals surface area (Å²) in [6.45, 7) is 1.49. The summed E-state index contributed by atoms with van der Waals surface area (Å²) >= 11 is 0. The number of carbonyl (C=O) groups excluding carboxylic acids is 1. The zero-order chi connectivity index (χ0) is 11.4. The van der Waals surface area contributed by atoms with Gasteiger partial charge in [0.05, 0.1) is 19.9 Å². The molecule has 1 unspecified atom stereocenters. The van der Waals surface area contributed by atoms with Crippen LogP contribution in [0.25, 0.3) is 0 Å². The van der Waals surface area contributed by atoms with Crippen molar-refractivity contribution in [2.45, 2.75) is 13.0 Å². The van der Waals surface area contributed by atoms with Crippen molar-refractivity contribution in [1.82, 2.24) is 14.7 Å². The Balaban J connectivity index is 2.68. The van der Waals surface area contributed by atoms with E-state index in [1.807, 2.05) is 0 Å². The summed E-state index contributed by atoms with van der Waals surface area (Å²) in [5.41, 5.74) is 0. The minimum absolute atomic E-state index is 0.0350. The van der Waals surface area contributed by atoms with Crippen LogP contribution in [0.2, 0.25) is 0 Å². The van der Waals surface area contributed by atoms with Gasteiger partial charge in [0, 0.05) is 6.04 Å². The second-order valence-electron chi connectivity index (χ2n) is 3.55. The highest BCUT2D eigenvalue weighted by Gasteiger charge is 2.31. The number of rotatable bonds is 4. The molecule has 1 heterocycles. The third kappa shape index (κ3) is 2.57. The van der Waals surface area contributed by atoms with Crippen LogP contribution in [0.3, 0.4) is 0 Å². The van der Waals surface area contributed by atoms with E-state index in [9.17, 15) is 4.79 Å². The zero-order valence-electron chi connectivity index (χ0n) is 8.70. The van der Waals surface area contributed by atoms with Crippen molar-refractivity contribution >= 4 is 6.03 Å². The second-order valence-corrected chi connectivity index (χ2v) is 3.55. The fourth-order valence-electron chi connectivity index (χ4n) is 1.41. The minimum atomic E-state index is -0.401. The summed E-state index contributed by atoms with van der Waals surface area (Å²) in [6, 6.07) is -0.525. The fourth-order valence-corrected chi connectivity index (χ4v) is 1.41.